The Labute approximate surface area is 112 Å². The second kappa shape index (κ2) is 5.72. The Hall–Kier alpha value is -1.06. The molecular formula is C14H18ClNO2. The molecule has 1 aromatic carbocycles. The van der Waals surface area contributed by atoms with Crippen molar-refractivity contribution in [2.75, 3.05) is 13.2 Å². The molecule has 0 atom stereocenters. The third-order valence-corrected chi connectivity index (χ3v) is 3.52. The van der Waals surface area contributed by atoms with Crippen molar-refractivity contribution < 1.29 is 9.53 Å². The molecule has 0 bridgehead atoms. The normalized spacial score (nSPS) is 16.3. The van der Waals surface area contributed by atoms with Crippen molar-refractivity contribution in [3.8, 4) is 0 Å². The molecule has 0 spiro atoms. The van der Waals surface area contributed by atoms with Gasteiger partial charge in [0.05, 0.1) is 12.0 Å². The van der Waals surface area contributed by atoms with Crippen molar-refractivity contribution in [1.82, 2.24) is 5.32 Å². The molecule has 3 nitrogen and oxygen atoms in total. The van der Waals surface area contributed by atoms with E-state index in [1.54, 1.807) is 0 Å². The number of ether oxygens (including phenoxy) is 1. The lowest BCUT2D eigenvalue weighted by molar-refractivity contribution is -0.149. The Bertz CT molecular complexity index is 412. The Balaban J connectivity index is 1.78. The predicted molar refractivity (Wildman–Crippen MR) is 71.5 cm³/mol. The molecule has 4 heteroatoms. The fourth-order valence-electron chi connectivity index (χ4n) is 1.94. The lowest BCUT2D eigenvalue weighted by Gasteiger charge is -2.14. The maximum Gasteiger partial charge on any atom is 0.313 e. The monoisotopic (exact) mass is 267 g/mol. The van der Waals surface area contributed by atoms with E-state index >= 15 is 0 Å². The molecule has 0 aliphatic heterocycles. The van der Waals surface area contributed by atoms with Crippen LogP contribution in [0.2, 0.25) is 5.02 Å². The highest BCUT2D eigenvalue weighted by Crippen LogP contribution is 2.46. The van der Waals surface area contributed by atoms with Gasteiger partial charge in [-0.2, -0.15) is 0 Å². The van der Waals surface area contributed by atoms with Gasteiger partial charge >= 0.3 is 5.97 Å². The van der Waals surface area contributed by atoms with Gasteiger partial charge in [0.1, 0.15) is 0 Å². The Morgan fingerprint density at radius 3 is 2.61 bits per heavy atom. The van der Waals surface area contributed by atoms with Crippen LogP contribution >= 0.6 is 11.6 Å². The van der Waals surface area contributed by atoms with E-state index in [2.05, 4.69) is 5.32 Å². The summed E-state index contributed by atoms with van der Waals surface area (Å²) in [5.41, 5.74) is 0.904. The smallest absolute Gasteiger partial charge is 0.313 e. The maximum absolute atomic E-state index is 11.7. The second-order valence-electron chi connectivity index (χ2n) is 4.73. The molecule has 1 aliphatic rings. The van der Waals surface area contributed by atoms with Crippen molar-refractivity contribution in [2.45, 2.75) is 26.3 Å². The molecule has 1 fully saturated rings. The first kappa shape index (κ1) is 13.4. The Morgan fingerprint density at radius 2 is 2.06 bits per heavy atom. The fourth-order valence-corrected chi connectivity index (χ4v) is 2.06. The van der Waals surface area contributed by atoms with Crippen LogP contribution in [0.5, 0.6) is 0 Å². The van der Waals surface area contributed by atoms with Crippen LogP contribution in [0.4, 0.5) is 0 Å². The highest BCUT2D eigenvalue weighted by Gasteiger charge is 2.50. The minimum atomic E-state index is -0.261. The highest BCUT2D eigenvalue weighted by molar-refractivity contribution is 6.30. The first-order chi connectivity index (χ1) is 8.66. The molecule has 0 radical (unpaired) electrons. The lowest BCUT2D eigenvalue weighted by atomic mass is 10.1. The van der Waals surface area contributed by atoms with Crippen molar-refractivity contribution >= 4 is 17.6 Å². The zero-order valence-corrected chi connectivity index (χ0v) is 11.3. The van der Waals surface area contributed by atoms with Gasteiger partial charge in [-0.05, 0) is 37.5 Å². The van der Waals surface area contributed by atoms with Gasteiger partial charge in [0.15, 0.2) is 0 Å². The van der Waals surface area contributed by atoms with Crippen LogP contribution in [-0.2, 0) is 16.1 Å². The van der Waals surface area contributed by atoms with Crippen LogP contribution in [0.25, 0.3) is 0 Å². The molecular weight excluding hydrogens is 250 g/mol. The van der Waals surface area contributed by atoms with E-state index in [0.717, 1.165) is 24.4 Å². The van der Waals surface area contributed by atoms with Gasteiger partial charge in [0, 0.05) is 18.1 Å². The fraction of sp³-hybridized carbons (Fsp3) is 0.500. The van der Waals surface area contributed by atoms with E-state index in [1.165, 1.54) is 5.56 Å². The first-order valence-electron chi connectivity index (χ1n) is 6.29. The SMILES string of the molecule is CCOC(=O)C1(CNCc2ccc(Cl)cc2)CC1. The molecule has 18 heavy (non-hydrogen) atoms. The number of rotatable bonds is 6. The summed E-state index contributed by atoms with van der Waals surface area (Å²) >= 11 is 5.82. The van der Waals surface area contributed by atoms with E-state index in [9.17, 15) is 4.79 Å². The van der Waals surface area contributed by atoms with Gasteiger partial charge in [-0.25, -0.2) is 0 Å². The number of nitrogens with one attached hydrogen (secondary N) is 1. The average molecular weight is 268 g/mol. The zero-order valence-electron chi connectivity index (χ0n) is 10.5. The third kappa shape index (κ3) is 3.24. The molecule has 0 aromatic heterocycles. The van der Waals surface area contributed by atoms with Gasteiger partial charge in [0.25, 0.3) is 0 Å². The molecule has 1 aromatic rings. The predicted octanol–water partition coefficient (Wildman–Crippen LogP) is 2.77. The third-order valence-electron chi connectivity index (χ3n) is 3.27. The van der Waals surface area contributed by atoms with Crippen LogP contribution in [0.1, 0.15) is 25.3 Å². The minimum absolute atomic E-state index is 0.0615. The van der Waals surface area contributed by atoms with Crippen LogP contribution in [0.3, 0.4) is 0 Å². The van der Waals surface area contributed by atoms with E-state index in [-0.39, 0.29) is 11.4 Å². The first-order valence-corrected chi connectivity index (χ1v) is 6.66. The number of carbonyl (C=O) groups is 1. The van der Waals surface area contributed by atoms with Crippen molar-refractivity contribution in [3.63, 3.8) is 0 Å². The van der Waals surface area contributed by atoms with Crippen LogP contribution in [0, 0.1) is 5.41 Å². The van der Waals surface area contributed by atoms with E-state index < -0.39 is 0 Å². The zero-order chi connectivity index (χ0) is 13.0. The Morgan fingerprint density at radius 1 is 1.39 bits per heavy atom. The molecule has 1 N–H and O–H groups in total. The summed E-state index contributed by atoms with van der Waals surface area (Å²) in [6.07, 6.45) is 1.86. The molecule has 0 unspecified atom stereocenters. The minimum Gasteiger partial charge on any atom is -0.466 e. The van der Waals surface area contributed by atoms with Crippen molar-refractivity contribution in [1.29, 1.82) is 0 Å². The molecule has 98 valence electrons. The van der Waals surface area contributed by atoms with Gasteiger partial charge in [-0.1, -0.05) is 23.7 Å². The number of benzene rings is 1. The summed E-state index contributed by atoms with van der Waals surface area (Å²) in [4.78, 5) is 11.7. The van der Waals surface area contributed by atoms with Crippen molar-refractivity contribution in [3.05, 3.63) is 34.9 Å². The number of carbonyl (C=O) groups excluding carboxylic acids is 1. The average Bonchev–Trinajstić information content (AvgIpc) is 3.13. The molecule has 0 heterocycles. The van der Waals surface area contributed by atoms with E-state index in [0.29, 0.717) is 13.2 Å². The summed E-state index contributed by atoms with van der Waals surface area (Å²) in [7, 11) is 0. The largest absolute Gasteiger partial charge is 0.466 e. The molecule has 0 saturated heterocycles. The van der Waals surface area contributed by atoms with Gasteiger partial charge in [-0.15, -0.1) is 0 Å². The second-order valence-corrected chi connectivity index (χ2v) is 5.17. The molecule has 0 amide bonds. The molecule has 2 rings (SSSR count). The summed E-state index contributed by atoms with van der Waals surface area (Å²) < 4.78 is 5.09. The highest BCUT2D eigenvalue weighted by atomic mass is 35.5. The number of hydrogen-bond donors (Lipinski definition) is 1. The molecule has 1 saturated carbocycles. The van der Waals surface area contributed by atoms with Gasteiger partial charge in [-0.3, -0.25) is 4.79 Å². The number of hydrogen-bond acceptors (Lipinski definition) is 3. The summed E-state index contributed by atoms with van der Waals surface area (Å²) in [5, 5.41) is 4.06. The summed E-state index contributed by atoms with van der Waals surface area (Å²) in [6.45, 7) is 3.74. The summed E-state index contributed by atoms with van der Waals surface area (Å²) in [5.74, 6) is -0.0615. The van der Waals surface area contributed by atoms with Crippen molar-refractivity contribution in [2.24, 2.45) is 5.41 Å². The van der Waals surface area contributed by atoms with Crippen LogP contribution < -0.4 is 5.32 Å². The van der Waals surface area contributed by atoms with Gasteiger partial charge in [0.2, 0.25) is 0 Å². The molecule has 1 aliphatic carbocycles. The van der Waals surface area contributed by atoms with E-state index in [4.69, 9.17) is 16.3 Å². The van der Waals surface area contributed by atoms with Crippen LogP contribution in [0.15, 0.2) is 24.3 Å². The maximum atomic E-state index is 11.7. The Kier molecular flexibility index (Phi) is 4.25. The standard InChI is InChI=1S/C14H18ClNO2/c1-2-18-13(17)14(7-8-14)10-16-9-11-3-5-12(15)6-4-11/h3-6,16H,2,7-10H2,1H3. The number of esters is 1. The van der Waals surface area contributed by atoms with E-state index in [1.807, 2.05) is 31.2 Å². The number of halogens is 1. The lowest BCUT2D eigenvalue weighted by Crippen LogP contribution is -2.31. The summed E-state index contributed by atoms with van der Waals surface area (Å²) in [6, 6.07) is 7.71. The van der Waals surface area contributed by atoms with Gasteiger partial charge < -0.3 is 10.1 Å². The topological polar surface area (TPSA) is 38.3 Å². The quantitative estimate of drug-likeness (QED) is 0.806. The van der Waals surface area contributed by atoms with Crippen LogP contribution in [-0.4, -0.2) is 19.1 Å².